The monoisotopic (exact) mass is 420 g/mol. The number of amides is 2. The van der Waals surface area contributed by atoms with E-state index in [0.717, 1.165) is 29.6 Å². The van der Waals surface area contributed by atoms with E-state index in [9.17, 15) is 9.59 Å². The van der Waals surface area contributed by atoms with E-state index in [1.165, 1.54) is 6.08 Å². The molecule has 1 aliphatic heterocycles. The SMILES string of the molecule is C=CC(=O)Nc1ccc(C(=O)N2CC[C@@H](Cc3ncc4ccccc4n3)C2)cc1Cl. The second-order valence-corrected chi connectivity index (χ2v) is 7.75. The molecule has 1 fully saturated rings. The average Bonchev–Trinajstić information content (AvgIpc) is 3.22. The van der Waals surface area contributed by atoms with Crippen molar-refractivity contribution in [2.45, 2.75) is 12.8 Å². The van der Waals surface area contributed by atoms with Crippen molar-refractivity contribution in [2.24, 2.45) is 5.92 Å². The van der Waals surface area contributed by atoms with E-state index in [4.69, 9.17) is 11.6 Å². The Morgan fingerprint density at radius 1 is 1.27 bits per heavy atom. The molecule has 3 aromatic rings. The summed E-state index contributed by atoms with van der Waals surface area (Å²) in [5, 5.41) is 3.95. The van der Waals surface area contributed by atoms with E-state index in [0.29, 0.717) is 35.3 Å². The van der Waals surface area contributed by atoms with Crippen LogP contribution in [-0.4, -0.2) is 39.8 Å². The summed E-state index contributed by atoms with van der Waals surface area (Å²) in [6, 6.07) is 12.8. The molecule has 30 heavy (non-hydrogen) atoms. The molecule has 1 saturated heterocycles. The summed E-state index contributed by atoms with van der Waals surface area (Å²) >= 11 is 6.23. The van der Waals surface area contributed by atoms with Gasteiger partial charge in [0, 0.05) is 36.7 Å². The minimum Gasteiger partial charge on any atom is -0.338 e. The van der Waals surface area contributed by atoms with Crippen LogP contribution in [0.2, 0.25) is 5.02 Å². The van der Waals surface area contributed by atoms with Gasteiger partial charge < -0.3 is 10.2 Å². The summed E-state index contributed by atoms with van der Waals surface area (Å²) in [5.74, 6) is 0.699. The van der Waals surface area contributed by atoms with Crippen LogP contribution in [0, 0.1) is 5.92 Å². The lowest BCUT2D eigenvalue weighted by molar-refractivity contribution is -0.111. The number of halogens is 1. The van der Waals surface area contributed by atoms with Crippen LogP contribution < -0.4 is 5.32 Å². The number of nitrogens with one attached hydrogen (secondary N) is 1. The van der Waals surface area contributed by atoms with E-state index >= 15 is 0 Å². The van der Waals surface area contributed by atoms with Crippen LogP contribution in [0.5, 0.6) is 0 Å². The van der Waals surface area contributed by atoms with Gasteiger partial charge in [-0.2, -0.15) is 0 Å². The van der Waals surface area contributed by atoms with Crippen LogP contribution in [0.1, 0.15) is 22.6 Å². The summed E-state index contributed by atoms with van der Waals surface area (Å²) in [6.07, 6.45) is 4.66. The number of hydrogen-bond donors (Lipinski definition) is 1. The lowest BCUT2D eigenvalue weighted by Crippen LogP contribution is -2.29. The highest BCUT2D eigenvalue weighted by Gasteiger charge is 2.28. The van der Waals surface area contributed by atoms with E-state index in [1.807, 2.05) is 35.4 Å². The van der Waals surface area contributed by atoms with Gasteiger partial charge >= 0.3 is 0 Å². The van der Waals surface area contributed by atoms with E-state index in [-0.39, 0.29) is 11.8 Å². The van der Waals surface area contributed by atoms with Gasteiger partial charge in [-0.25, -0.2) is 9.97 Å². The first-order valence-corrected chi connectivity index (χ1v) is 10.1. The summed E-state index contributed by atoms with van der Waals surface area (Å²) in [4.78, 5) is 35.3. The Morgan fingerprint density at radius 2 is 2.10 bits per heavy atom. The number of carbonyl (C=O) groups is 2. The van der Waals surface area contributed by atoms with Crippen molar-refractivity contribution in [3.05, 3.63) is 77.7 Å². The molecule has 2 amide bonds. The molecule has 1 atom stereocenters. The molecule has 152 valence electrons. The second-order valence-electron chi connectivity index (χ2n) is 7.34. The number of hydrogen-bond acceptors (Lipinski definition) is 4. The summed E-state index contributed by atoms with van der Waals surface area (Å²) in [5.41, 5.74) is 1.89. The summed E-state index contributed by atoms with van der Waals surface area (Å²) in [7, 11) is 0. The Morgan fingerprint density at radius 3 is 2.90 bits per heavy atom. The number of para-hydroxylation sites is 1. The Balaban J connectivity index is 1.41. The number of rotatable bonds is 5. The average molecular weight is 421 g/mol. The molecule has 0 spiro atoms. The first-order valence-electron chi connectivity index (χ1n) is 9.76. The van der Waals surface area contributed by atoms with Gasteiger partial charge in [-0.1, -0.05) is 36.4 Å². The lowest BCUT2D eigenvalue weighted by atomic mass is 10.0. The molecule has 1 aromatic heterocycles. The van der Waals surface area contributed by atoms with Gasteiger partial charge in [0.05, 0.1) is 16.2 Å². The molecule has 0 unspecified atom stereocenters. The maximum atomic E-state index is 12.9. The van der Waals surface area contributed by atoms with Gasteiger partial charge in [-0.3, -0.25) is 9.59 Å². The number of benzene rings is 2. The molecule has 0 radical (unpaired) electrons. The Bertz CT molecular complexity index is 1130. The maximum absolute atomic E-state index is 12.9. The Kier molecular flexibility index (Phi) is 5.77. The van der Waals surface area contributed by atoms with E-state index in [1.54, 1.807) is 18.2 Å². The van der Waals surface area contributed by atoms with Gasteiger partial charge in [0.2, 0.25) is 5.91 Å². The van der Waals surface area contributed by atoms with Crippen LogP contribution in [0.3, 0.4) is 0 Å². The normalized spacial score (nSPS) is 15.9. The number of carbonyl (C=O) groups excluding carboxylic acids is 2. The number of likely N-dealkylation sites (tertiary alicyclic amines) is 1. The first kappa shape index (κ1) is 20.0. The third-order valence-electron chi connectivity index (χ3n) is 5.24. The van der Waals surface area contributed by atoms with Gasteiger partial charge in [0.15, 0.2) is 0 Å². The highest BCUT2D eigenvalue weighted by Crippen LogP contribution is 2.26. The quantitative estimate of drug-likeness (QED) is 0.630. The Hall–Kier alpha value is -3.25. The third kappa shape index (κ3) is 4.33. The number of aromatic nitrogens is 2. The molecule has 0 bridgehead atoms. The third-order valence-corrected chi connectivity index (χ3v) is 5.56. The summed E-state index contributed by atoms with van der Waals surface area (Å²) in [6.45, 7) is 4.75. The van der Waals surface area contributed by atoms with Crippen molar-refractivity contribution in [3.63, 3.8) is 0 Å². The standard InChI is InChI=1S/C23H21ClN4O2/c1-2-22(29)27-20-8-7-16(12-18(20)24)23(30)28-10-9-15(14-28)11-21-25-13-17-5-3-4-6-19(17)26-21/h2-8,12-13,15H,1,9-11,14H2,(H,27,29)/t15-/m0/s1. The van der Waals surface area contributed by atoms with Gasteiger partial charge in [0.25, 0.3) is 5.91 Å². The number of anilines is 1. The largest absolute Gasteiger partial charge is 0.338 e. The molecule has 1 aliphatic rings. The van der Waals surface area contributed by atoms with Crippen LogP contribution in [0.4, 0.5) is 5.69 Å². The fourth-order valence-corrected chi connectivity index (χ4v) is 3.89. The van der Waals surface area contributed by atoms with E-state index < -0.39 is 0 Å². The molecule has 0 aliphatic carbocycles. The zero-order valence-electron chi connectivity index (χ0n) is 16.3. The predicted molar refractivity (Wildman–Crippen MR) is 118 cm³/mol. The lowest BCUT2D eigenvalue weighted by Gasteiger charge is -2.17. The molecule has 4 rings (SSSR count). The molecule has 1 N–H and O–H groups in total. The van der Waals surface area contributed by atoms with Gasteiger partial charge in [-0.05, 0) is 42.7 Å². The smallest absolute Gasteiger partial charge is 0.253 e. The van der Waals surface area contributed by atoms with Crippen LogP contribution in [0.25, 0.3) is 10.9 Å². The topological polar surface area (TPSA) is 75.2 Å². The second kappa shape index (κ2) is 8.63. The van der Waals surface area contributed by atoms with Crippen molar-refractivity contribution >= 4 is 40.0 Å². The van der Waals surface area contributed by atoms with Crippen molar-refractivity contribution < 1.29 is 9.59 Å². The molecule has 6 nitrogen and oxygen atoms in total. The highest BCUT2D eigenvalue weighted by atomic mass is 35.5. The molecular weight excluding hydrogens is 400 g/mol. The minimum atomic E-state index is -0.353. The zero-order chi connectivity index (χ0) is 21.1. The van der Waals surface area contributed by atoms with Crippen LogP contribution >= 0.6 is 11.6 Å². The maximum Gasteiger partial charge on any atom is 0.253 e. The summed E-state index contributed by atoms with van der Waals surface area (Å²) < 4.78 is 0. The fourth-order valence-electron chi connectivity index (χ4n) is 3.67. The molecular formula is C23H21ClN4O2. The van der Waals surface area contributed by atoms with Crippen LogP contribution in [0.15, 0.2) is 61.3 Å². The van der Waals surface area contributed by atoms with Crippen molar-refractivity contribution in [3.8, 4) is 0 Å². The van der Waals surface area contributed by atoms with Crippen molar-refractivity contribution in [1.29, 1.82) is 0 Å². The Labute approximate surface area is 179 Å². The van der Waals surface area contributed by atoms with Crippen LogP contribution in [-0.2, 0) is 11.2 Å². The van der Waals surface area contributed by atoms with E-state index in [2.05, 4.69) is 21.9 Å². The van der Waals surface area contributed by atoms with Gasteiger partial charge in [0.1, 0.15) is 5.82 Å². The predicted octanol–water partition coefficient (Wildman–Crippen LogP) is 4.11. The number of fused-ring (bicyclic) bond motifs is 1. The molecule has 7 heteroatoms. The first-order chi connectivity index (χ1) is 14.5. The minimum absolute atomic E-state index is 0.0690. The highest BCUT2D eigenvalue weighted by molar-refractivity contribution is 6.34. The molecule has 0 saturated carbocycles. The van der Waals surface area contributed by atoms with Crippen molar-refractivity contribution in [1.82, 2.24) is 14.9 Å². The van der Waals surface area contributed by atoms with Crippen molar-refractivity contribution in [2.75, 3.05) is 18.4 Å². The zero-order valence-corrected chi connectivity index (χ0v) is 17.1. The fraction of sp³-hybridized carbons (Fsp3) is 0.217. The van der Waals surface area contributed by atoms with Gasteiger partial charge in [-0.15, -0.1) is 0 Å². The number of nitrogens with zero attached hydrogens (tertiary/aromatic N) is 3. The molecule has 2 aromatic carbocycles. The molecule has 2 heterocycles.